The molecule has 1 heterocycles. The van der Waals surface area contributed by atoms with Gasteiger partial charge in [-0.3, -0.25) is 29.1 Å². The molecule has 9 heteroatoms. The zero-order chi connectivity index (χ0) is 16.3. The molecule has 22 heavy (non-hydrogen) atoms. The maximum absolute atomic E-state index is 12.0. The predicted octanol–water partition coefficient (Wildman–Crippen LogP) is -0.506. The number of hydrogen-bond donors (Lipinski definition) is 1. The summed E-state index contributed by atoms with van der Waals surface area (Å²) in [5.74, 6) is -0.738. The van der Waals surface area contributed by atoms with Crippen LogP contribution in [0.2, 0.25) is 0 Å². The van der Waals surface area contributed by atoms with Crippen molar-refractivity contribution in [1.29, 1.82) is 0 Å². The predicted molar refractivity (Wildman–Crippen MR) is 76.2 cm³/mol. The number of carbonyl (C=O) groups is 2. The van der Waals surface area contributed by atoms with Crippen LogP contribution in [0.25, 0.3) is 0 Å². The highest BCUT2D eigenvalue weighted by molar-refractivity contribution is 5.84. The standard InChI is InChI=1S/C13H16N4O5/c1-15(7-11(18)14-9-2-3-9)13(20)8-16-6-10(17(21)22)4-5-12(16)19/h4-6,9H,2-3,7-8H2,1H3,(H,14,18). The normalized spacial score (nSPS) is 13.5. The van der Waals surface area contributed by atoms with Crippen LogP contribution in [0.4, 0.5) is 5.69 Å². The van der Waals surface area contributed by atoms with Gasteiger partial charge in [0.25, 0.3) is 11.2 Å². The lowest BCUT2D eigenvalue weighted by Crippen LogP contribution is -2.41. The largest absolute Gasteiger partial charge is 0.352 e. The summed E-state index contributed by atoms with van der Waals surface area (Å²) >= 11 is 0. The molecule has 1 aromatic heterocycles. The number of carbonyl (C=O) groups excluding carboxylic acids is 2. The fourth-order valence-electron chi connectivity index (χ4n) is 1.82. The van der Waals surface area contributed by atoms with Crippen molar-refractivity contribution in [3.63, 3.8) is 0 Å². The number of nitrogens with zero attached hydrogens (tertiary/aromatic N) is 3. The van der Waals surface area contributed by atoms with Gasteiger partial charge in [-0.05, 0) is 12.8 Å². The first-order chi connectivity index (χ1) is 10.4. The van der Waals surface area contributed by atoms with Crippen molar-refractivity contribution < 1.29 is 14.5 Å². The van der Waals surface area contributed by atoms with Crippen LogP contribution in [-0.2, 0) is 16.1 Å². The first-order valence-corrected chi connectivity index (χ1v) is 6.75. The molecule has 0 radical (unpaired) electrons. The van der Waals surface area contributed by atoms with E-state index in [2.05, 4.69) is 5.32 Å². The lowest BCUT2D eigenvalue weighted by Gasteiger charge is -2.17. The van der Waals surface area contributed by atoms with E-state index in [1.54, 1.807) is 0 Å². The van der Waals surface area contributed by atoms with Crippen LogP contribution in [0.15, 0.2) is 23.1 Å². The second-order valence-corrected chi connectivity index (χ2v) is 5.20. The van der Waals surface area contributed by atoms with E-state index in [0.717, 1.165) is 35.7 Å². The Balaban J connectivity index is 1.98. The lowest BCUT2D eigenvalue weighted by atomic mass is 10.4. The van der Waals surface area contributed by atoms with Gasteiger partial charge in [0.1, 0.15) is 6.54 Å². The van der Waals surface area contributed by atoms with E-state index < -0.39 is 16.4 Å². The maximum Gasteiger partial charge on any atom is 0.285 e. The lowest BCUT2D eigenvalue weighted by molar-refractivity contribution is -0.385. The molecule has 0 spiro atoms. The molecule has 2 amide bonds. The van der Waals surface area contributed by atoms with E-state index in [4.69, 9.17) is 0 Å². The van der Waals surface area contributed by atoms with E-state index in [9.17, 15) is 24.5 Å². The van der Waals surface area contributed by atoms with Crippen molar-refractivity contribution in [2.75, 3.05) is 13.6 Å². The zero-order valence-corrected chi connectivity index (χ0v) is 12.0. The topological polar surface area (TPSA) is 115 Å². The zero-order valence-electron chi connectivity index (χ0n) is 12.0. The highest BCUT2D eigenvalue weighted by atomic mass is 16.6. The molecule has 118 valence electrons. The molecule has 0 aliphatic heterocycles. The van der Waals surface area contributed by atoms with Crippen molar-refractivity contribution in [1.82, 2.24) is 14.8 Å². The molecule has 1 aromatic rings. The van der Waals surface area contributed by atoms with Gasteiger partial charge < -0.3 is 10.2 Å². The van der Waals surface area contributed by atoms with Crippen LogP contribution in [-0.4, -0.2) is 45.8 Å². The van der Waals surface area contributed by atoms with Crippen molar-refractivity contribution in [2.24, 2.45) is 0 Å². The highest BCUT2D eigenvalue weighted by Gasteiger charge is 2.24. The molecule has 0 unspecified atom stereocenters. The van der Waals surface area contributed by atoms with Crippen LogP contribution in [0.5, 0.6) is 0 Å². The van der Waals surface area contributed by atoms with Gasteiger partial charge in [-0.1, -0.05) is 0 Å². The molecular formula is C13H16N4O5. The number of nitrogens with one attached hydrogen (secondary N) is 1. The van der Waals surface area contributed by atoms with E-state index in [0.29, 0.717) is 0 Å². The molecule has 1 N–H and O–H groups in total. The number of amides is 2. The average molecular weight is 308 g/mol. The molecule has 2 rings (SSSR count). The smallest absolute Gasteiger partial charge is 0.285 e. The minimum atomic E-state index is -0.646. The van der Waals surface area contributed by atoms with Crippen LogP contribution >= 0.6 is 0 Å². The van der Waals surface area contributed by atoms with E-state index >= 15 is 0 Å². The van der Waals surface area contributed by atoms with Gasteiger partial charge in [0, 0.05) is 25.2 Å². The first-order valence-electron chi connectivity index (χ1n) is 6.75. The van der Waals surface area contributed by atoms with Crippen molar-refractivity contribution in [2.45, 2.75) is 25.4 Å². The van der Waals surface area contributed by atoms with Crippen molar-refractivity contribution in [3.05, 3.63) is 38.8 Å². The second-order valence-electron chi connectivity index (χ2n) is 5.20. The Morgan fingerprint density at radius 2 is 2.14 bits per heavy atom. The number of hydrogen-bond acceptors (Lipinski definition) is 5. The molecule has 0 saturated heterocycles. The monoisotopic (exact) mass is 308 g/mol. The quantitative estimate of drug-likeness (QED) is 0.561. The van der Waals surface area contributed by atoms with Crippen molar-refractivity contribution >= 4 is 17.5 Å². The van der Waals surface area contributed by atoms with E-state index in [1.165, 1.54) is 11.9 Å². The summed E-state index contributed by atoms with van der Waals surface area (Å²) in [6.45, 7) is -0.466. The molecule has 0 bridgehead atoms. The Kier molecular flexibility index (Phi) is 4.54. The minimum Gasteiger partial charge on any atom is -0.352 e. The third kappa shape index (κ3) is 4.14. The average Bonchev–Trinajstić information content (AvgIpc) is 3.24. The molecule has 1 aliphatic carbocycles. The molecule has 0 aromatic carbocycles. The Morgan fingerprint density at radius 1 is 1.45 bits per heavy atom. The van der Waals surface area contributed by atoms with E-state index in [-0.39, 0.29) is 30.7 Å². The molecule has 0 atom stereocenters. The summed E-state index contributed by atoms with van der Waals surface area (Å²) < 4.78 is 0.954. The first kappa shape index (κ1) is 15.7. The number of likely N-dealkylation sites (N-methyl/N-ethyl adjacent to an activating group) is 1. The summed E-state index contributed by atoms with van der Waals surface area (Å²) in [6.07, 6.45) is 2.91. The summed E-state index contributed by atoms with van der Waals surface area (Å²) in [7, 11) is 1.44. The Bertz CT molecular complexity index is 665. The van der Waals surface area contributed by atoms with E-state index in [1.807, 2.05) is 0 Å². The van der Waals surface area contributed by atoms with Gasteiger partial charge in [-0.2, -0.15) is 0 Å². The van der Waals surface area contributed by atoms with Gasteiger partial charge >= 0.3 is 0 Å². The molecular weight excluding hydrogens is 292 g/mol. The van der Waals surface area contributed by atoms with Crippen LogP contribution in [0, 0.1) is 10.1 Å². The Morgan fingerprint density at radius 3 is 2.73 bits per heavy atom. The number of pyridine rings is 1. The summed E-state index contributed by atoms with van der Waals surface area (Å²) in [4.78, 5) is 46.4. The summed E-state index contributed by atoms with van der Waals surface area (Å²) in [5, 5.41) is 13.4. The van der Waals surface area contributed by atoms with Gasteiger partial charge in [-0.25, -0.2) is 0 Å². The third-order valence-electron chi connectivity index (χ3n) is 3.23. The summed E-state index contributed by atoms with van der Waals surface area (Å²) in [6, 6.07) is 2.32. The fourth-order valence-corrected chi connectivity index (χ4v) is 1.82. The number of aromatic nitrogens is 1. The fraction of sp³-hybridized carbons (Fsp3) is 0.462. The molecule has 9 nitrogen and oxygen atoms in total. The van der Waals surface area contributed by atoms with Crippen LogP contribution in [0.1, 0.15) is 12.8 Å². The number of rotatable bonds is 6. The molecule has 1 aliphatic rings. The van der Waals surface area contributed by atoms with Crippen molar-refractivity contribution in [3.8, 4) is 0 Å². The van der Waals surface area contributed by atoms with Gasteiger partial charge in [0.05, 0.1) is 17.7 Å². The molecule has 1 saturated carbocycles. The Labute approximate surface area is 125 Å². The van der Waals surface area contributed by atoms with Crippen LogP contribution < -0.4 is 10.9 Å². The maximum atomic E-state index is 12.0. The minimum absolute atomic E-state index is 0.112. The van der Waals surface area contributed by atoms with Gasteiger partial charge in [0.15, 0.2) is 0 Å². The van der Waals surface area contributed by atoms with Gasteiger partial charge in [-0.15, -0.1) is 0 Å². The van der Waals surface area contributed by atoms with Crippen LogP contribution in [0.3, 0.4) is 0 Å². The number of nitro groups is 1. The summed E-state index contributed by atoms with van der Waals surface area (Å²) in [5.41, 5.74) is -0.795. The third-order valence-corrected chi connectivity index (χ3v) is 3.23. The molecule has 1 fully saturated rings. The highest BCUT2D eigenvalue weighted by Crippen LogP contribution is 2.18. The Hall–Kier alpha value is -2.71. The van der Waals surface area contributed by atoms with Gasteiger partial charge in [0.2, 0.25) is 11.8 Å². The SMILES string of the molecule is CN(CC(=O)NC1CC1)C(=O)Cn1cc([N+](=O)[O-])ccc1=O. The second kappa shape index (κ2) is 6.37.